The summed E-state index contributed by atoms with van der Waals surface area (Å²) < 4.78 is 12.9. The van der Waals surface area contributed by atoms with Gasteiger partial charge in [-0.15, -0.1) is 0 Å². The van der Waals surface area contributed by atoms with Gasteiger partial charge in [0.25, 0.3) is 0 Å². The van der Waals surface area contributed by atoms with Crippen LogP contribution in [0.1, 0.15) is 84.7 Å². The van der Waals surface area contributed by atoms with Gasteiger partial charge in [-0.3, -0.25) is 9.59 Å². The molecule has 0 amide bonds. The minimum absolute atomic E-state index is 0.232. The van der Waals surface area contributed by atoms with Gasteiger partial charge in [0.1, 0.15) is 11.5 Å². The molecule has 0 fully saturated rings. The first-order valence-electron chi connectivity index (χ1n) is 23.6. The highest BCUT2D eigenvalue weighted by Gasteiger charge is 2.28. The first-order valence-corrected chi connectivity index (χ1v) is 23.6. The van der Waals surface area contributed by atoms with E-state index in [4.69, 9.17) is 9.47 Å². The van der Waals surface area contributed by atoms with Gasteiger partial charge in [0.2, 0.25) is 0 Å². The first kappa shape index (κ1) is 38.9. The molecule has 0 saturated heterocycles. The SMILES string of the molecule is O=C(CCCc1ccc2ccc3cccc4ccc1c2c34)Oc1ccc2c(c1-c1c(OC(=O)CCCc3ccc4ccc5cccc6ccc3c4c56)ccc3c1CCCC3)CCCC2. The maximum absolute atomic E-state index is 14.0. The third-order valence-electron chi connectivity index (χ3n) is 14.6. The van der Waals surface area contributed by atoms with E-state index in [0.717, 1.165) is 75.3 Å². The van der Waals surface area contributed by atoms with Gasteiger partial charge in [0.15, 0.2) is 0 Å². The molecule has 12 rings (SSSR count). The molecule has 0 radical (unpaired) electrons. The zero-order valence-corrected chi connectivity index (χ0v) is 36.2. The zero-order valence-electron chi connectivity index (χ0n) is 36.2. The van der Waals surface area contributed by atoms with Crippen LogP contribution in [0.25, 0.3) is 75.8 Å². The summed E-state index contributed by atoms with van der Waals surface area (Å²) in [4.78, 5) is 27.9. The fraction of sp³-hybridized carbons (Fsp3) is 0.233. The third kappa shape index (κ3) is 6.74. The summed E-state index contributed by atoms with van der Waals surface area (Å²) in [5.41, 5.74) is 9.48. The molecule has 314 valence electrons. The monoisotopic (exact) mass is 834 g/mol. The van der Waals surface area contributed by atoms with Crippen LogP contribution in [0.4, 0.5) is 0 Å². The molecule has 64 heavy (non-hydrogen) atoms. The van der Waals surface area contributed by atoms with E-state index in [1.807, 2.05) is 12.1 Å². The van der Waals surface area contributed by atoms with Crippen molar-refractivity contribution in [3.05, 3.63) is 167 Å². The van der Waals surface area contributed by atoms with Crippen molar-refractivity contribution in [3.63, 3.8) is 0 Å². The minimum atomic E-state index is -0.232. The quantitative estimate of drug-likeness (QED) is 0.0740. The van der Waals surface area contributed by atoms with Crippen molar-refractivity contribution in [1.29, 1.82) is 0 Å². The van der Waals surface area contributed by atoms with Crippen molar-refractivity contribution in [2.45, 2.75) is 89.9 Å². The lowest BCUT2D eigenvalue weighted by Crippen LogP contribution is -2.15. The molecule has 4 heteroatoms. The third-order valence-corrected chi connectivity index (χ3v) is 14.6. The van der Waals surface area contributed by atoms with Gasteiger partial charge in [0, 0.05) is 24.0 Å². The van der Waals surface area contributed by atoms with Crippen LogP contribution in [-0.2, 0) is 48.1 Å². The molecule has 4 nitrogen and oxygen atoms in total. The Kier molecular flexibility index (Phi) is 9.77. The van der Waals surface area contributed by atoms with E-state index in [2.05, 4.69) is 121 Å². The van der Waals surface area contributed by atoms with Crippen molar-refractivity contribution >= 4 is 76.6 Å². The number of carbonyl (C=O) groups excluding carboxylic acids is 2. The van der Waals surface area contributed by atoms with E-state index in [9.17, 15) is 9.59 Å². The Balaban J connectivity index is 0.807. The van der Waals surface area contributed by atoms with Crippen LogP contribution in [0.3, 0.4) is 0 Å². The molecule has 0 unspecified atom stereocenters. The summed E-state index contributed by atoms with van der Waals surface area (Å²) in [5.74, 6) is 0.701. The first-order chi connectivity index (χ1) is 31.6. The second-order valence-electron chi connectivity index (χ2n) is 18.4. The molecule has 10 aromatic carbocycles. The highest BCUT2D eigenvalue weighted by atomic mass is 16.5. The maximum Gasteiger partial charge on any atom is 0.311 e. The Labute approximate surface area is 373 Å². The van der Waals surface area contributed by atoms with Crippen molar-refractivity contribution in [1.82, 2.24) is 0 Å². The Morgan fingerprint density at radius 3 is 1.20 bits per heavy atom. The van der Waals surface area contributed by atoms with Gasteiger partial charge in [-0.2, -0.15) is 0 Å². The molecule has 0 N–H and O–H groups in total. The highest BCUT2D eigenvalue weighted by Crippen LogP contribution is 2.47. The summed E-state index contributed by atoms with van der Waals surface area (Å²) in [6.07, 6.45) is 11.7. The Morgan fingerprint density at radius 2 is 0.766 bits per heavy atom. The van der Waals surface area contributed by atoms with E-state index in [1.54, 1.807) is 0 Å². The molecular formula is C60H50O4. The maximum atomic E-state index is 14.0. The molecule has 0 spiro atoms. The summed E-state index contributed by atoms with van der Waals surface area (Å²) in [7, 11) is 0. The molecule has 2 aliphatic carbocycles. The molecule has 10 aromatic rings. The number of ether oxygens (including phenoxy) is 2. The van der Waals surface area contributed by atoms with E-state index < -0.39 is 0 Å². The Bertz CT molecular complexity index is 3190. The molecule has 0 aliphatic heterocycles. The number of hydrogen-bond donors (Lipinski definition) is 0. The molecule has 0 atom stereocenters. The lowest BCUT2D eigenvalue weighted by Gasteiger charge is -2.27. The second-order valence-corrected chi connectivity index (χ2v) is 18.4. The van der Waals surface area contributed by atoms with E-state index in [1.165, 1.54) is 98.0 Å². The summed E-state index contributed by atoms with van der Waals surface area (Å²) in [6.45, 7) is 0. The largest absolute Gasteiger partial charge is 0.426 e. The smallest absolute Gasteiger partial charge is 0.311 e. The highest BCUT2D eigenvalue weighted by molar-refractivity contribution is 6.24. The molecule has 0 saturated carbocycles. The van der Waals surface area contributed by atoms with Crippen molar-refractivity contribution in [3.8, 4) is 22.6 Å². The Hall–Kier alpha value is -6.78. The average molecular weight is 835 g/mol. The van der Waals surface area contributed by atoms with Crippen LogP contribution in [0.15, 0.2) is 133 Å². The van der Waals surface area contributed by atoms with Gasteiger partial charge in [-0.25, -0.2) is 0 Å². The standard InChI is InChI=1S/C60H50O4/c61-53(19-7-11-39-21-23-45-27-25-41-13-5-15-43-29-33-49(39)57(45)55(41)43)63-51-35-31-37-9-1-3-17-47(37)59(51)60-48-18-4-2-10-38(48)32-36-52(60)64-54(62)20-8-12-40-22-24-46-28-26-42-14-6-16-44-30-34-50(40)58(46)56(42)44/h5-6,13-16,21-36H,1-4,7-12,17-20H2. The Morgan fingerprint density at radius 1 is 0.391 bits per heavy atom. The average Bonchev–Trinajstić information content (AvgIpc) is 3.33. The number of benzene rings is 10. The second kappa shape index (κ2) is 16.1. The van der Waals surface area contributed by atoms with Gasteiger partial charge >= 0.3 is 11.9 Å². The van der Waals surface area contributed by atoms with E-state index >= 15 is 0 Å². The summed E-state index contributed by atoms with van der Waals surface area (Å²) in [6, 6.07) is 48.0. The predicted octanol–water partition coefficient (Wildman–Crippen LogP) is 14.8. The number of aryl methyl sites for hydroxylation is 4. The van der Waals surface area contributed by atoms with Crippen LogP contribution in [0, 0.1) is 0 Å². The minimum Gasteiger partial charge on any atom is -0.426 e. The van der Waals surface area contributed by atoms with Crippen LogP contribution in [0.2, 0.25) is 0 Å². The molecule has 0 heterocycles. The van der Waals surface area contributed by atoms with E-state index in [0.29, 0.717) is 37.2 Å². The summed E-state index contributed by atoms with van der Waals surface area (Å²) in [5, 5.41) is 15.3. The zero-order chi connectivity index (χ0) is 42.7. The molecule has 0 bridgehead atoms. The van der Waals surface area contributed by atoms with Gasteiger partial charge in [0.05, 0.1) is 0 Å². The van der Waals surface area contributed by atoms with Crippen molar-refractivity contribution < 1.29 is 19.1 Å². The fourth-order valence-electron chi connectivity index (χ4n) is 11.6. The van der Waals surface area contributed by atoms with Gasteiger partial charge < -0.3 is 9.47 Å². The lowest BCUT2D eigenvalue weighted by molar-refractivity contribution is -0.135. The van der Waals surface area contributed by atoms with Gasteiger partial charge in [-0.05, 0) is 187 Å². The molecule has 2 aliphatic rings. The lowest BCUT2D eigenvalue weighted by atomic mass is 9.80. The fourth-order valence-corrected chi connectivity index (χ4v) is 11.6. The van der Waals surface area contributed by atoms with Crippen LogP contribution in [0.5, 0.6) is 11.5 Å². The van der Waals surface area contributed by atoms with Gasteiger partial charge in [-0.1, -0.05) is 121 Å². The number of rotatable bonds is 11. The number of fused-ring (bicyclic) bond motifs is 2. The van der Waals surface area contributed by atoms with Crippen LogP contribution in [-0.4, -0.2) is 11.9 Å². The number of esters is 2. The molecular weight excluding hydrogens is 785 g/mol. The van der Waals surface area contributed by atoms with Crippen LogP contribution < -0.4 is 9.47 Å². The number of carbonyl (C=O) groups is 2. The van der Waals surface area contributed by atoms with Crippen molar-refractivity contribution in [2.24, 2.45) is 0 Å². The molecule has 0 aromatic heterocycles. The topological polar surface area (TPSA) is 52.6 Å². The summed E-state index contributed by atoms with van der Waals surface area (Å²) >= 11 is 0. The van der Waals surface area contributed by atoms with E-state index in [-0.39, 0.29) is 11.9 Å². The van der Waals surface area contributed by atoms with Crippen LogP contribution >= 0.6 is 0 Å². The van der Waals surface area contributed by atoms with Crippen molar-refractivity contribution in [2.75, 3.05) is 0 Å². The number of hydrogen-bond acceptors (Lipinski definition) is 4. The normalized spacial score (nSPS) is 13.9. The predicted molar refractivity (Wildman–Crippen MR) is 263 cm³/mol.